The maximum Gasteiger partial charge on any atom is 0.324 e. The fourth-order valence-electron chi connectivity index (χ4n) is 0.749. The van der Waals surface area contributed by atoms with Crippen LogP contribution in [0.5, 0.6) is 0 Å². The van der Waals surface area contributed by atoms with Crippen molar-refractivity contribution in [2.24, 2.45) is 0 Å². The summed E-state index contributed by atoms with van der Waals surface area (Å²) in [4.78, 5) is 10.8. The number of carboxylic acid groups (broad SMARTS) is 1. The van der Waals surface area contributed by atoms with Gasteiger partial charge in [-0.05, 0) is 6.92 Å². The van der Waals surface area contributed by atoms with Gasteiger partial charge < -0.3 is 9.84 Å². The molecule has 2 N–H and O–H groups in total. The smallest absolute Gasteiger partial charge is 0.324 e. The standard InChI is InChI=1S/C7H16N2O5S/c1-5(14-4)6(7(10)11)8-15(12,13)9(2)3/h5-6,8H,1-4H3,(H,10,11)/t5-,6+/m1/s1. The summed E-state index contributed by atoms with van der Waals surface area (Å²) < 4.78 is 30.4. The number of nitrogens with zero attached hydrogens (tertiary/aromatic N) is 1. The summed E-state index contributed by atoms with van der Waals surface area (Å²) >= 11 is 0. The van der Waals surface area contributed by atoms with E-state index in [0.29, 0.717) is 0 Å². The van der Waals surface area contributed by atoms with Crippen LogP contribution in [0.1, 0.15) is 6.92 Å². The van der Waals surface area contributed by atoms with Crippen LogP contribution in [0.4, 0.5) is 0 Å². The van der Waals surface area contributed by atoms with E-state index in [9.17, 15) is 13.2 Å². The van der Waals surface area contributed by atoms with E-state index in [4.69, 9.17) is 9.84 Å². The van der Waals surface area contributed by atoms with Crippen LogP contribution < -0.4 is 4.72 Å². The molecule has 0 heterocycles. The lowest BCUT2D eigenvalue weighted by atomic mass is 10.2. The fourth-order valence-corrected chi connectivity index (χ4v) is 1.57. The summed E-state index contributed by atoms with van der Waals surface area (Å²) in [5.74, 6) is -1.28. The second-order valence-corrected chi connectivity index (χ2v) is 5.08. The van der Waals surface area contributed by atoms with Gasteiger partial charge in [-0.2, -0.15) is 17.4 Å². The van der Waals surface area contributed by atoms with E-state index >= 15 is 0 Å². The van der Waals surface area contributed by atoms with Gasteiger partial charge in [-0.3, -0.25) is 4.79 Å². The Hall–Kier alpha value is -0.700. The molecule has 0 rings (SSSR count). The molecule has 0 aliphatic rings. The van der Waals surface area contributed by atoms with Crippen LogP contribution in [-0.2, 0) is 19.7 Å². The van der Waals surface area contributed by atoms with Crippen molar-refractivity contribution in [2.75, 3.05) is 21.2 Å². The molecule has 7 nitrogen and oxygen atoms in total. The number of rotatable bonds is 6. The highest BCUT2D eigenvalue weighted by atomic mass is 32.2. The van der Waals surface area contributed by atoms with Gasteiger partial charge in [0.05, 0.1) is 6.10 Å². The van der Waals surface area contributed by atoms with Gasteiger partial charge in [-0.1, -0.05) is 0 Å². The van der Waals surface area contributed by atoms with Crippen LogP contribution in [-0.4, -0.2) is 57.1 Å². The molecular weight excluding hydrogens is 224 g/mol. The molecule has 0 saturated carbocycles. The van der Waals surface area contributed by atoms with Crippen molar-refractivity contribution in [3.63, 3.8) is 0 Å². The van der Waals surface area contributed by atoms with Crippen LogP contribution >= 0.6 is 0 Å². The lowest BCUT2D eigenvalue weighted by Crippen LogP contribution is -2.51. The normalized spacial score (nSPS) is 16.3. The summed E-state index contributed by atoms with van der Waals surface area (Å²) in [5, 5.41) is 8.79. The van der Waals surface area contributed by atoms with E-state index in [1.807, 2.05) is 4.72 Å². The lowest BCUT2D eigenvalue weighted by Gasteiger charge is -2.22. The lowest BCUT2D eigenvalue weighted by molar-refractivity contribution is -0.142. The topological polar surface area (TPSA) is 95.9 Å². The largest absolute Gasteiger partial charge is 0.480 e. The van der Waals surface area contributed by atoms with Crippen LogP contribution in [0.3, 0.4) is 0 Å². The van der Waals surface area contributed by atoms with Crippen molar-refractivity contribution >= 4 is 16.2 Å². The van der Waals surface area contributed by atoms with Crippen molar-refractivity contribution in [1.29, 1.82) is 0 Å². The Labute approximate surface area is 89.2 Å². The third kappa shape index (κ3) is 4.12. The van der Waals surface area contributed by atoms with E-state index in [1.165, 1.54) is 28.1 Å². The Morgan fingerprint density at radius 1 is 1.47 bits per heavy atom. The second kappa shape index (κ2) is 5.40. The van der Waals surface area contributed by atoms with E-state index < -0.39 is 28.3 Å². The average molecular weight is 240 g/mol. The molecule has 0 amide bonds. The Kier molecular flexibility index (Phi) is 5.15. The van der Waals surface area contributed by atoms with Crippen molar-refractivity contribution in [1.82, 2.24) is 9.03 Å². The van der Waals surface area contributed by atoms with Crippen LogP contribution in [0.15, 0.2) is 0 Å². The SMILES string of the molecule is CO[C@H](C)[C@H](NS(=O)(=O)N(C)C)C(=O)O. The molecule has 90 valence electrons. The Morgan fingerprint density at radius 2 is 1.93 bits per heavy atom. The molecular formula is C7H16N2O5S. The number of ether oxygens (including phenoxy) is 1. The van der Waals surface area contributed by atoms with Gasteiger partial charge in [0.25, 0.3) is 10.2 Å². The molecule has 0 bridgehead atoms. The predicted octanol–water partition coefficient (Wildman–Crippen LogP) is -1.13. The van der Waals surface area contributed by atoms with Crippen molar-refractivity contribution < 1.29 is 23.1 Å². The zero-order valence-corrected chi connectivity index (χ0v) is 9.91. The van der Waals surface area contributed by atoms with Gasteiger partial charge in [0, 0.05) is 21.2 Å². The first-order chi connectivity index (χ1) is 6.72. The molecule has 0 spiro atoms. The fraction of sp³-hybridized carbons (Fsp3) is 0.857. The third-order valence-electron chi connectivity index (χ3n) is 1.86. The highest BCUT2D eigenvalue weighted by Crippen LogP contribution is 2.01. The molecule has 15 heavy (non-hydrogen) atoms. The third-order valence-corrected chi connectivity index (χ3v) is 3.38. The molecule has 0 saturated heterocycles. The number of carboxylic acids is 1. The first kappa shape index (κ1) is 14.3. The first-order valence-electron chi connectivity index (χ1n) is 4.17. The van der Waals surface area contributed by atoms with Gasteiger partial charge in [0.1, 0.15) is 6.04 Å². The van der Waals surface area contributed by atoms with E-state index in [1.54, 1.807) is 0 Å². The Morgan fingerprint density at radius 3 is 2.20 bits per heavy atom. The highest BCUT2D eigenvalue weighted by molar-refractivity contribution is 7.87. The average Bonchev–Trinajstić information content (AvgIpc) is 2.12. The number of nitrogens with one attached hydrogen (secondary N) is 1. The zero-order chi connectivity index (χ0) is 12.2. The van der Waals surface area contributed by atoms with Crippen LogP contribution in [0.25, 0.3) is 0 Å². The minimum atomic E-state index is -3.78. The maximum absolute atomic E-state index is 11.4. The van der Waals surface area contributed by atoms with Crippen molar-refractivity contribution in [3.05, 3.63) is 0 Å². The molecule has 0 aromatic heterocycles. The van der Waals surface area contributed by atoms with E-state index in [-0.39, 0.29) is 0 Å². The molecule has 0 unspecified atom stereocenters. The maximum atomic E-state index is 11.4. The number of methoxy groups -OCH3 is 1. The van der Waals surface area contributed by atoms with Crippen LogP contribution in [0, 0.1) is 0 Å². The summed E-state index contributed by atoms with van der Waals surface area (Å²) in [6.45, 7) is 1.47. The van der Waals surface area contributed by atoms with Gasteiger partial charge in [-0.25, -0.2) is 0 Å². The first-order valence-corrected chi connectivity index (χ1v) is 5.61. The minimum Gasteiger partial charge on any atom is -0.480 e. The van der Waals surface area contributed by atoms with Crippen molar-refractivity contribution in [2.45, 2.75) is 19.1 Å². The molecule has 0 aromatic carbocycles. The minimum absolute atomic E-state index is 0.753. The monoisotopic (exact) mass is 240 g/mol. The van der Waals surface area contributed by atoms with E-state index in [2.05, 4.69) is 0 Å². The summed E-state index contributed by atoms with van der Waals surface area (Å²) in [6, 6.07) is -1.30. The number of hydrogen-bond acceptors (Lipinski definition) is 4. The molecule has 0 aliphatic heterocycles. The predicted molar refractivity (Wildman–Crippen MR) is 53.6 cm³/mol. The second-order valence-electron chi connectivity index (χ2n) is 3.16. The Bertz CT molecular complexity index is 313. The molecule has 0 radical (unpaired) electrons. The summed E-state index contributed by atoms with van der Waals surface area (Å²) in [7, 11) is 0.144. The van der Waals surface area contributed by atoms with Gasteiger partial charge >= 0.3 is 5.97 Å². The molecule has 0 aliphatic carbocycles. The van der Waals surface area contributed by atoms with Crippen molar-refractivity contribution in [3.8, 4) is 0 Å². The number of hydrogen-bond donors (Lipinski definition) is 2. The molecule has 0 fully saturated rings. The molecule has 0 aromatic rings. The quantitative estimate of drug-likeness (QED) is 0.612. The van der Waals surface area contributed by atoms with Gasteiger partial charge in [-0.15, -0.1) is 0 Å². The van der Waals surface area contributed by atoms with Gasteiger partial charge in [0.2, 0.25) is 0 Å². The molecule has 2 atom stereocenters. The summed E-state index contributed by atoms with van der Waals surface area (Å²) in [6.07, 6.45) is -0.753. The summed E-state index contributed by atoms with van der Waals surface area (Å²) in [5.41, 5.74) is 0. The zero-order valence-electron chi connectivity index (χ0n) is 9.09. The Balaban J connectivity index is 4.78. The molecule has 8 heteroatoms. The van der Waals surface area contributed by atoms with Gasteiger partial charge in [0.15, 0.2) is 0 Å². The number of aliphatic carboxylic acids is 1. The van der Waals surface area contributed by atoms with E-state index in [0.717, 1.165) is 4.31 Å². The van der Waals surface area contributed by atoms with Crippen LogP contribution in [0.2, 0.25) is 0 Å². The highest BCUT2D eigenvalue weighted by Gasteiger charge is 2.30. The number of carbonyl (C=O) groups is 1.